The number of thioether (sulfide) groups is 1. The van der Waals surface area contributed by atoms with Gasteiger partial charge in [0.1, 0.15) is 6.10 Å². The van der Waals surface area contributed by atoms with E-state index in [4.69, 9.17) is 0 Å². The topological polar surface area (TPSA) is 79.8 Å². The Bertz CT molecular complexity index is 1130. The summed E-state index contributed by atoms with van der Waals surface area (Å²) >= 11 is -0.391. The minimum atomic E-state index is -5.29. The number of imide groups is 1. The van der Waals surface area contributed by atoms with Crippen LogP contribution in [0.3, 0.4) is 0 Å². The van der Waals surface area contributed by atoms with Gasteiger partial charge in [-0.3, -0.25) is 9.78 Å². The number of ether oxygens (including phenoxy) is 1. The van der Waals surface area contributed by atoms with Crippen LogP contribution in [0, 0.1) is 0 Å². The molecule has 1 saturated carbocycles. The molecule has 0 N–H and O–H groups in total. The summed E-state index contributed by atoms with van der Waals surface area (Å²) in [4.78, 5) is 43.1. The normalized spacial score (nSPS) is 22.5. The lowest BCUT2D eigenvalue weighted by Crippen LogP contribution is -2.41. The Kier molecular flexibility index (Phi) is 5.74. The first-order valence-corrected chi connectivity index (χ1v) is 10.3. The number of nitrogens with zero attached hydrogens (tertiary/aromatic N) is 3. The van der Waals surface area contributed by atoms with E-state index in [1.165, 1.54) is 24.5 Å². The highest BCUT2D eigenvalue weighted by Crippen LogP contribution is 2.52. The third-order valence-corrected chi connectivity index (χ3v) is 5.99. The number of anilines is 1. The Morgan fingerprint density at radius 1 is 1.06 bits per heavy atom. The van der Waals surface area contributed by atoms with Crippen LogP contribution in [0.25, 0.3) is 0 Å². The first-order chi connectivity index (χ1) is 15.8. The molecule has 0 radical (unpaired) electrons. The van der Waals surface area contributed by atoms with Crippen molar-refractivity contribution >= 4 is 35.4 Å². The van der Waals surface area contributed by atoms with Gasteiger partial charge in [0.2, 0.25) is 0 Å². The highest BCUT2D eigenvalue weighted by Gasteiger charge is 2.74. The number of halogens is 6. The number of carbonyl (C=O) groups is 3. The number of benzene rings is 1. The number of amides is 3. The standard InChI is InChI=1S/C20H13F6N3O4S/c21-19(22,23)16(31)33-14-9-18(14)15(30)29(12-1-3-13(4-2-12)34-20(24,25)26)17(32)28(18)10-11-5-7-27-8-6-11/h1-8,14H,9-10H2. The van der Waals surface area contributed by atoms with E-state index in [0.717, 1.165) is 29.2 Å². The van der Waals surface area contributed by atoms with E-state index in [2.05, 4.69) is 9.72 Å². The minimum Gasteiger partial charge on any atom is -0.453 e. The van der Waals surface area contributed by atoms with Gasteiger partial charge < -0.3 is 9.64 Å². The van der Waals surface area contributed by atoms with Crippen molar-refractivity contribution in [3.8, 4) is 0 Å². The molecule has 4 rings (SSSR count). The number of carbonyl (C=O) groups excluding carboxylic acids is 3. The van der Waals surface area contributed by atoms with Gasteiger partial charge in [-0.1, -0.05) is 0 Å². The summed E-state index contributed by atoms with van der Waals surface area (Å²) < 4.78 is 80.3. The summed E-state index contributed by atoms with van der Waals surface area (Å²) in [6.45, 7) is -0.203. The van der Waals surface area contributed by atoms with Gasteiger partial charge in [-0.05, 0) is 53.7 Å². The number of aromatic nitrogens is 1. The molecule has 1 aliphatic heterocycles. The smallest absolute Gasteiger partial charge is 0.453 e. The molecular formula is C20H13F6N3O4S. The van der Waals surface area contributed by atoms with Crippen LogP contribution in [0.2, 0.25) is 0 Å². The third-order valence-electron chi connectivity index (χ3n) is 5.25. The summed E-state index contributed by atoms with van der Waals surface area (Å²) in [5, 5.41) is 0. The van der Waals surface area contributed by atoms with Crippen molar-refractivity contribution in [2.45, 2.75) is 41.2 Å². The monoisotopic (exact) mass is 505 g/mol. The number of alkyl halides is 6. The molecular weight excluding hydrogens is 492 g/mol. The number of pyridine rings is 1. The maximum Gasteiger partial charge on any atom is 0.490 e. The fourth-order valence-electron chi connectivity index (χ4n) is 3.66. The highest BCUT2D eigenvalue weighted by atomic mass is 32.2. The van der Waals surface area contributed by atoms with Gasteiger partial charge in [-0.25, -0.2) is 14.5 Å². The molecule has 180 valence electrons. The number of rotatable bonds is 5. The molecule has 14 heteroatoms. The molecule has 1 spiro atoms. The van der Waals surface area contributed by atoms with Gasteiger partial charge >= 0.3 is 23.7 Å². The van der Waals surface area contributed by atoms with Crippen LogP contribution in [0.4, 0.5) is 36.8 Å². The number of hydrogen-bond donors (Lipinski definition) is 0. The van der Waals surface area contributed by atoms with Crippen molar-refractivity contribution in [2.75, 3.05) is 4.90 Å². The maximum absolute atomic E-state index is 13.2. The Morgan fingerprint density at radius 3 is 2.24 bits per heavy atom. The molecule has 34 heavy (non-hydrogen) atoms. The number of urea groups is 1. The number of hydrogen-bond acceptors (Lipinski definition) is 6. The molecule has 2 atom stereocenters. The molecule has 2 heterocycles. The number of esters is 1. The molecule has 0 bridgehead atoms. The Morgan fingerprint density at radius 2 is 1.68 bits per heavy atom. The fourth-order valence-corrected chi connectivity index (χ4v) is 4.20. The van der Waals surface area contributed by atoms with E-state index in [0.29, 0.717) is 10.5 Å². The second kappa shape index (κ2) is 8.18. The second-order valence-corrected chi connectivity index (χ2v) is 8.56. The van der Waals surface area contributed by atoms with Gasteiger partial charge in [0.05, 0.1) is 5.69 Å². The van der Waals surface area contributed by atoms with Crippen LogP contribution in [-0.2, 0) is 20.9 Å². The van der Waals surface area contributed by atoms with Gasteiger partial charge in [0.25, 0.3) is 5.91 Å². The Hall–Kier alpha value is -3.29. The SMILES string of the molecule is O=C1N(c2ccc(SC(F)(F)F)cc2)C(=O)C2(CC2OC(=O)C(F)(F)F)N1Cc1ccncc1. The van der Waals surface area contributed by atoms with Gasteiger partial charge in [0.15, 0.2) is 5.54 Å². The summed E-state index contributed by atoms with van der Waals surface area (Å²) in [5.41, 5.74) is -5.98. The van der Waals surface area contributed by atoms with Crippen LogP contribution in [0.1, 0.15) is 12.0 Å². The quantitative estimate of drug-likeness (QED) is 0.261. The van der Waals surface area contributed by atoms with E-state index in [1.54, 1.807) is 0 Å². The lowest BCUT2D eigenvalue weighted by molar-refractivity contribution is -0.202. The van der Waals surface area contributed by atoms with Crippen molar-refractivity contribution in [1.29, 1.82) is 0 Å². The third kappa shape index (κ3) is 4.41. The summed E-state index contributed by atoms with van der Waals surface area (Å²) in [7, 11) is 0. The van der Waals surface area contributed by atoms with Crippen molar-refractivity contribution < 1.29 is 45.5 Å². The van der Waals surface area contributed by atoms with E-state index in [1.807, 2.05) is 0 Å². The summed E-state index contributed by atoms with van der Waals surface area (Å²) in [6.07, 6.45) is -4.37. The second-order valence-electron chi connectivity index (χ2n) is 7.43. The van der Waals surface area contributed by atoms with E-state index < -0.39 is 53.0 Å². The average Bonchev–Trinajstić information content (AvgIpc) is 3.42. The first kappa shape index (κ1) is 23.9. The van der Waals surface area contributed by atoms with Gasteiger partial charge in [-0.15, -0.1) is 0 Å². The van der Waals surface area contributed by atoms with Gasteiger partial charge in [0, 0.05) is 30.3 Å². The van der Waals surface area contributed by atoms with Crippen molar-refractivity contribution in [2.24, 2.45) is 0 Å². The molecule has 1 aromatic carbocycles. The predicted molar refractivity (Wildman–Crippen MR) is 104 cm³/mol. The molecule has 7 nitrogen and oxygen atoms in total. The van der Waals surface area contributed by atoms with Crippen LogP contribution in [0.15, 0.2) is 53.7 Å². The fraction of sp³-hybridized carbons (Fsp3) is 0.300. The maximum atomic E-state index is 13.2. The van der Waals surface area contributed by atoms with Crippen LogP contribution in [0.5, 0.6) is 0 Å². The molecule has 1 aromatic heterocycles. The molecule has 2 unspecified atom stereocenters. The summed E-state index contributed by atoms with van der Waals surface area (Å²) in [6, 6.07) is 6.48. The zero-order valence-electron chi connectivity index (χ0n) is 16.8. The minimum absolute atomic E-state index is 0.0778. The van der Waals surface area contributed by atoms with Crippen molar-refractivity contribution in [3.63, 3.8) is 0 Å². The lowest BCUT2D eigenvalue weighted by Gasteiger charge is -2.22. The average molecular weight is 505 g/mol. The van der Waals surface area contributed by atoms with E-state index >= 15 is 0 Å². The largest absolute Gasteiger partial charge is 0.490 e. The van der Waals surface area contributed by atoms with E-state index in [9.17, 15) is 40.7 Å². The first-order valence-electron chi connectivity index (χ1n) is 9.51. The molecule has 1 saturated heterocycles. The molecule has 1 aliphatic carbocycles. The van der Waals surface area contributed by atoms with Crippen molar-refractivity contribution in [3.05, 3.63) is 54.4 Å². The van der Waals surface area contributed by atoms with Crippen LogP contribution in [-0.4, -0.2) is 51.1 Å². The van der Waals surface area contributed by atoms with E-state index in [-0.39, 0.29) is 23.5 Å². The zero-order valence-corrected chi connectivity index (χ0v) is 17.6. The predicted octanol–water partition coefficient (Wildman–Crippen LogP) is 4.28. The highest BCUT2D eigenvalue weighted by molar-refractivity contribution is 8.00. The Balaban J connectivity index is 1.64. The lowest BCUT2D eigenvalue weighted by atomic mass is 10.2. The summed E-state index contributed by atoms with van der Waals surface area (Å²) in [5.74, 6) is -3.44. The van der Waals surface area contributed by atoms with Crippen molar-refractivity contribution in [1.82, 2.24) is 9.88 Å². The van der Waals surface area contributed by atoms with Crippen LogP contribution < -0.4 is 4.90 Å². The van der Waals surface area contributed by atoms with Crippen LogP contribution >= 0.6 is 11.8 Å². The van der Waals surface area contributed by atoms with Gasteiger partial charge in [-0.2, -0.15) is 26.3 Å². The molecule has 2 aromatic rings. The zero-order chi connectivity index (χ0) is 24.9. The Labute approximate surface area is 191 Å². The molecule has 2 fully saturated rings. The molecule has 2 aliphatic rings. The molecule has 3 amide bonds.